The van der Waals surface area contributed by atoms with E-state index in [1.807, 2.05) is 0 Å². The van der Waals surface area contributed by atoms with E-state index >= 15 is 0 Å². The summed E-state index contributed by atoms with van der Waals surface area (Å²) in [5.74, 6) is 0. The van der Waals surface area contributed by atoms with Crippen LogP contribution in [0, 0.1) is 0 Å². The van der Waals surface area contributed by atoms with E-state index in [2.05, 4.69) is 0 Å². The van der Waals surface area contributed by atoms with E-state index in [0.717, 1.165) is 0 Å². The molecule has 0 atom stereocenters. The summed E-state index contributed by atoms with van der Waals surface area (Å²) in [7, 11) is -0.833. The van der Waals surface area contributed by atoms with Gasteiger partial charge in [0.1, 0.15) is 0 Å². The zero-order valence-electron chi connectivity index (χ0n) is 3.61. The molecular formula is C2H7O4P. The van der Waals surface area contributed by atoms with Crippen LogP contribution in [0.25, 0.3) is 0 Å². The zero-order chi connectivity index (χ0) is 6.12. The van der Waals surface area contributed by atoms with E-state index in [1.165, 1.54) is 0 Å². The van der Waals surface area contributed by atoms with Gasteiger partial charge in [0.05, 0.1) is 13.2 Å². The number of hydrogen-bond acceptors (Lipinski definition) is 3. The molecule has 5 heteroatoms. The highest BCUT2D eigenvalue weighted by molar-refractivity contribution is 7.16. The van der Waals surface area contributed by atoms with Crippen molar-refractivity contribution < 1.29 is 19.7 Å². The number of aliphatic hydroxyl groups is 2. The predicted molar refractivity (Wildman–Crippen MR) is 24.0 cm³/mol. The lowest BCUT2D eigenvalue weighted by molar-refractivity contribution is 0.186. The van der Waals surface area contributed by atoms with Crippen LogP contribution in [0.2, 0.25) is 0 Å². The largest absolute Gasteiger partial charge is 0.394 e. The Morgan fingerprint density at radius 1 is 1.29 bits per heavy atom. The highest BCUT2D eigenvalue weighted by Gasteiger charge is 1.58. The molecule has 0 heterocycles. The van der Waals surface area contributed by atoms with Gasteiger partial charge in [-0.15, -0.1) is 0 Å². The minimum absolute atomic E-state index is 0.125. The van der Waals surface area contributed by atoms with Gasteiger partial charge in [0.25, 0.3) is 0 Å². The fourth-order valence-electron chi connectivity index (χ4n) is 0. The van der Waals surface area contributed by atoms with Crippen molar-refractivity contribution in [2.24, 2.45) is 0 Å². The first kappa shape index (κ1) is 10.1. The highest BCUT2D eigenvalue weighted by atomic mass is 31.1. The molecule has 0 aliphatic rings. The summed E-state index contributed by atoms with van der Waals surface area (Å²) in [6.45, 7) is -0.250. The van der Waals surface area contributed by atoms with Gasteiger partial charge in [-0.2, -0.15) is 0 Å². The Kier molecular flexibility index (Phi) is 24.0. The smallest absolute Gasteiger partial charge is 0.324 e. The average molecular weight is 126 g/mol. The second-order valence-corrected chi connectivity index (χ2v) is 0.692. The summed E-state index contributed by atoms with van der Waals surface area (Å²) in [4.78, 5) is 6.99. The highest BCUT2D eigenvalue weighted by Crippen LogP contribution is 1.66. The third-order valence-corrected chi connectivity index (χ3v) is 0.1000. The Labute approximate surface area is 42.7 Å². The lowest BCUT2D eigenvalue weighted by Crippen LogP contribution is -1.85. The van der Waals surface area contributed by atoms with E-state index < -0.39 is 8.69 Å². The molecule has 0 fully saturated rings. The third kappa shape index (κ3) is 98.6. The maximum atomic E-state index is 8.46. The second kappa shape index (κ2) is 16.7. The fourth-order valence-corrected chi connectivity index (χ4v) is 0. The van der Waals surface area contributed by atoms with Crippen LogP contribution in [0.1, 0.15) is 0 Å². The number of aliphatic hydroxyl groups excluding tert-OH is 2. The predicted octanol–water partition coefficient (Wildman–Crippen LogP) is -0.844. The van der Waals surface area contributed by atoms with Gasteiger partial charge in [0.15, 0.2) is 0 Å². The van der Waals surface area contributed by atoms with Crippen LogP contribution in [0.15, 0.2) is 0 Å². The summed E-state index contributed by atoms with van der Waals surface area (Å²) in [6, 6.07) is 0. The van der Waals surface area contributed by atoms with Crippen molar-refractivity contribution in [3.63, 3.8) is 0 Å². The van der Waals surface area contributed by atoms with Gasteiger partial charge in [-0.25, -0.2) is 4.57 Å². The molecule has 0 unspecified atom stereocenters. The Morgan fingerprint density at radius 2 is 1.43 bits per heavy atom. The van der Waals surface area contributed by atoms with Crippen LogP contribution >= 0.6 is 8.69 Å². The van der Waals surface area contributed by atoms with E-state index in [9.17, 15) is 0 Å². The Morgan fingerprint density at radius 3 is 1.43 bits per heavy atom. The summed E-state index contributed by atoms with van der Waals surface area (Å²) in [6.07, 6.45) is 0. The van der Waals surface area contributed by atoms with Gasteiger partial charge < -0.3 is 15.1 Å². The van der Waals surface area contributed by atoms with Gasteiger partial charge in [-0.3, -0.25) is 0 Å². The number of hydrogen-bond donors (Lipinski definition) is 3. The van der Waals surface area contributed by atoms with Crippen LogP contribution in [0.4, 0.5) is 0 Å². The number of rotatable bonds is 1. The van der Waals surface area contributed by atoms with E-state index in [1.54, 1.807) is 0 Å². The quantitative estimate of drug-likeness (QED) is 0.400. The summed E-state index contributed by atoms with van der Waals surface area (Å²) in [5.41, 5.74) is 0. The molecule has 0 rings (SSSR count). The average Bonchev–Trinajstić information content (AvgIpc) is 1.69. The van der Waals surface area contributed by atoms with Crippen molar-refractivity contribution in [1.82, 2.24) is 0 Å². The van der Waals surface area contributed by atoms with Crippen molar-refractivity contribution in [3.05, 3.63) is 0 Å². The molecule has 7 heavy (non-hydrogen) atoms. The molecule has 0 amide bonds. The van der Waals surface area contributed by atoms with Gasteiger partial charge in [0, 0.05) is 0 Å². The first-order valence-electron chi connectivity index (χ1n) is 1.52. The monoisotopic (exact) mass is 126 g/mol. The second-order valence-electron chi connectivity index (χ2n) is 0.529. The van der Waals surface area contributed by atoms with Gasteiger partial charge in [0.2, 0.25) is 0 Å². The van der Waals surface area contributed by atoms with E-state index in [4.69, 9.17) is 19.7 Å². The van der Waals surface area contributed by atoms with E-state index in [0.29, 0.717) is 0 Å². The molecule has 0 aromatic carbocycles. The molecule has 0 spiro atoms. The van der Waals surface area contributed by atoms with E-state index in [-0.39, 0.29) is 13.2 Å². The minimum atomic E-state index is -0.833. The molecule has 0 radical (unpaired) electrons. The molecule has 0 aliphatic heterocycles. The van der Waals surface area contributed by atoms with Crippen molar-refractivity contribution in [1.29, 1.82) is 0 Å². The molecule has 0 aromatic rings. The summed E-state index contributed by atoms with van der Waals surface area (Å²) < 4.78 is 8.46. The van der Waals surface area contributed by atoms with Crippen molar-refractivity contribution in [2.75, 3.05) is 13.2 Å². The molecule has 4 nitrogen and oxygen atoms in total. The van der Waals surface area contributed by atoms with Gasteiger partial charge in [-0.1, -0.05) is 0 Å². The van der Waals surface area contributed by atoms with Gasteiger partial charge >= 0.3 is 8.69 Å². The Bertz CT molecular complexity index is 28.9. The molecule has 0 saturated heterocycles. The topological polar surface area (TPSA) is 77.8 Å². The first-order valence-corrected chi connectivity index (χ1v) is 2.28. The first-order chi connectivity index (χ1) is 3.33. The summed E-state index contributed by atoms with van der Waals surface area (Å²) >= 11 is 0. The van der Waals surface area contributed by atoms with Gasteiger partial charge in [-0.05, 0) is 0 Å². The Balaban J connectivity index is 0. The maximum Gasteiger partial charge on any atom is 0.324 e. The molecule has 0 aliphatic carbocycles. The lowest BCUT2D eigenvalue weighted by Gasteiger charge is -1.70. The standard InChI is InChI=1S/C2H6O2.HO2P/c3-1-2-4;1-3-2/h3-4H,1-2H2;(H,1,2). The molecule has 0 aromatic heterocycles. The normalized spacial score (nSPS) is 7.29. The molecule has 0 saturated carbocycles. The molecule has 0 bridgehead atoms. The van der Waals surface area contributed by atoms with Crippen LogP contribution in [0.3, 0.4) is 0 Å². The summed E-state index contributed by atoms with van der Waals surface area (Å²) in [5, 5.41) is 15.2. The van der Waals surface area contributed by atoms with Crippen molar-refractivity contribution in [2.45, 2.75) is 0 Å². The minimum Gasteiger partial charge on any atom is -0.394 e. The molecular weight excluding hydrogens is 119 g/mol. The molecule has 44 valence electrons. The zero-order valence-corrected chi connectivity index (χ0v) is 4.51. The molecule has 3 N–H and O–H groups in total. The van der Waals surface area contributed by atoms with Crippen LogP contribution in [-0.4, -0.2) is 28.3 Å². The third-order valence-electron chi connectivity index (χ3n) is 0.1000. The van der Waals surface area contributed by atoms with Crippen molar-refractivity contribution in [3.8, 4) is 0 Å². The SMILES string of the molecule is O=PO.OCCO. The fraction of sp³-hybridized carbons (Fsp3) is 1.00. The van der Waals surface area contributed by atoms with Crippen LogP contribution < -0.4 is 0 Å². The maximum absolute atomic E-state index is 8.46. The lowest BCUT2D eigenvalue weighted by atomic mass is 10.8. The van der Waals surface area contributed by atoms with Crippen molar-refractivity contribution >= 4 is 8.69 Å². The Hall–Kier alpha value is -0.0200. The van der Waals surface area contributed by atoms with Crippen LogP contribution in [0.5, 0.6) is 0 Å². The van der Waals surface area contributed by atoms with Crippen LogP contribution in [-0.2, 0) is 4.57 Å².